The summed E-state index contributed by atoms with van der Waals surface area (Å²) in [6.45, 7) is 2.12. The maximum absolute atomic E-state index is 11.9. The number of nitrogens with one attached hydrogen (secondary N) is 1. The Balaban J connectivity index is 2.47. The minimum atomic E-state index is -2.43. The SMILES string of the molecule is CCC(NCCOCC(F)F)c1cc(Br)ccc1O. The third-order valence-corrected chi connectivity index (χ3v) is 3.15. The first kappa shape index (κ1) is 16.3. The second-order valence-electron chi connectivity index (χ2n) is 4.08. The van der Waals surface area contributed by atoms with Crippen LogP contribution in [0.2, 0.25) is 0 Å². The lowest BCUT2D eigenvalue weighted by Gasteiger charge is -2.19. The van der Waals surface area contributed by atoms with Crippen molar-refractivity contribution in [3.05, 3.63) is 28.2 Å². The van der Waals surface area contributed by atoms with Crippen LogP contribution in [-0.4, -0.2) is 31.3 Å². The number of ether oxygens (including phenoxy) is 1. The zero-order valence-electron chi connectivity index (χ0n) is 10.7. The molecule has 0 fully saturated rings. The molecule has 3 nitrogen and oxygen atoms in total. The van der Waals surface area contributed by atoms with E-state index in [1.165, 1.54) is 0 Å². The van der Waals surface area contributed by atoms with Crippen LogP contribution in [0.15, 0.2) is 22.7 Å². The molecule has 0 aliphatic carbocycles. The van der Waals surface area contributed by atoms with Gasteiger partial charge in [-0.05, 0) is 24.6 Å². The molecule has 19 heavy (non-hydrogen) atoms. The van der Waals surface area contributed by atoms with E-state index >= 15 is 0 Å². The molecule has 108 valence electrons. The predicted octanol–water partition coefficient (Wildman–Crippen LogP) is 3.48. The Labute approximate surface area is 120 Å². The Morgan fingerprint density at radius 1 is 1.42 bits per heavy atom. The summed E-state index contributed by atoms with van der Waals surface area (Å²) in [4.78, 5) is 0. The van der Waals surface area contributed by atoms with Gasteiger partial charge in [0.2, 0.25) is 0 Å². The summed E-state index contributed by atoms with van der Waals surface area (Å²) in [5.74, 6) is 0.219. The first-order chi connectivity index (χ1) is 9.04. The van der Waals surface area contributed by atoms with Gasteiger partial charge in [-0.1, -0.05) is 22.9 Å². The maximum Gasteiger partial charge on any atom is 0.261 e. The minimum absolute atomic E-state index is 0.0346. The molecular weight excluding hydrogens is 320 g/mol. The standard InChI is InChI=1S/C13H18BrF2NO2/c1-2-11(17-5-6-19-8-13(15)16)10-7-9(14)3-4-12(10)18/h3-4,7,11,13,17-18H,2,5-6,8H2,1H3. The van der Waals surface area contributed by atoms with Crippen molar-refractivity contribution in [2.45, 2.75) is 25.8 Å². The van der Waals surface area contributed by atoms with Crippen molar-refractivity contribution >= 4 is 15.9 Å². The van der Waals surface area contributed by atoms with E-state index in [2.05, 4.69) is 21.2 Å². The number of benzene rings is 1. The minimum Gasteiger partial charge on any atom is -0.508 e. The lowest BCUT2D eigenvalue weighted by Crippen LogP contribution is -2.25. The summed E-state index contributed by atoms with van der Waals surface area (Å²) in [5.41, 5.74) is 0.783. The number of hydrogen-bond donors (Lipinski definition) is 2. The van der Waals surface area contributed by atoms with Crippen molar-refractivity contribution in [2.24, 2.45) is 0 Å². The molecule has 1 rings (SSSR count). The van der Waals surface area contributed by atoms with Crippen LogP contribution in [0.3, 0.4) is 0 Å². The Morgan fingerprint density at radius 2 is 2.16 bits per heavy atom. The molecule has 0 aliphatic heterocycles. The molecule has 0 bridgehead atoms. The van der Waals surface area contributed by atoms with Crippen LogP contribution < -0.4 is 5.32 Å². The molecule has 0 amide bonds. The molecule has 1 aromatic rings. The third kappa shape index (κ3) is 5.84. The van der Waals surface area contributed by atoms with Crippen LogP contribution in [0.25, 0.3) is 0 Å². The maximum atomic E-state index is 11.9. The van der Waals surface area contributed by atoms with Gasteiger partial charge in [-0.3, -0.25) is 0 Å². The van der Waals surface area contributed by atoms with Crippen molar-refractivity contribution in [1.29, 1.82) is 0 Å². The van der Waals surface area contributed by atoms with E-state index in [0.29, 0.717) is 6.54 Å². The molecule has 6 heteroatoms. The number of hydrogen-bond acceptors (Lipinski definition) is 3. The Hall–Kier alpha value is -0.720. The molecular formula is C13H18BrF2NO2. The Morgan fingerprint density at radius 3 is 2.79 bits per heavy atom. The highest BCUT2D eigenvalue weighted by molar-refractivity contribution is 9.10. The smallest absolute Gasteiger partial charge is 0.261 e. The highest BCUT2D eigenvalue weighted by Crippen LogP contribution is 2.29. The molecule has 0 radical (unpaired) electrons. The number of rotatable bonds is 8. The molecule has 0 aliphatic rings. The van der Waals surface area contributed by atoms with Crippen molar-refractivity contribution in [2.75, 3.05) is 19.8 Å². The van der Waals surface area contributed by atoms with Crippen molar-refractivity contribution < 1.29 is 18.6 Å². The summed E-state index contributed by atoms with van der Waals surface area (Å²) >= 11 is 3.36. The largest absolute Gasteiger partial charge is 0.508 e. The third-order valence-electron chi connectivity index (χ3n) is 2.65. The lowest BCUT2D eigenvalue weighted by molar-refractivity contribution is 0.0181. The Bertz CT molecular complexity index is 391. The first-order valence-electron chi connectivity index (χ1n) is 6.12. The zero-order chi connectivity index (χ0) is 14.3. The average molecular weight is 338 g/mol. The predicted molar refractivity (Wildman–Crippen MR) is 73.7 cm³/mol. The van der Waals surface area contributed by atoms with E-state index in [9.17, 15) is 13.9 Å². The second-order valence-corrected chi connectivity index (χ2v) is 5.00. The summed E-state index contributed by atoms with van der Waals surface area (Å²) in [7, 11) is 0. The molecule has 1 aromatic carbocycles. The first-order valence-corrected chi connectivity index (χ1v) is 6.91. The van der Waals surface area contributed by atoms with E-state index in [1.807, 2.05) is 13.0 Å². The van der Waals surface area contributed by atoms with E-state index in [-0.39, 0.29) is 18.4 Å². The van der Waals surface area contributed by atoms with E-state index < -0.39 is 13.0 Å². The zero-order valence-corrected chi connectivity index (χ0v) is 12.3. The summed E-state index contributed by atoms with van der Waals surface area (Å²) in [5, 5.41) is 13.0. The topological polar surface area (TPSA) is 41.5 Å². The van der Waals surface area contributed by atoms with Gasteiger partial charge in [0.1, 0.15) is 12.4 Å². The lowest BCUT2D eigenvalue weighted by atomic mass is 10.0. The van der Waals surface area contributed by atoms with E-state index in [4.69, 9.17) is 4.74 Å². The highest BCUT2D eigenvalue weighted by atomic mass is 79.9. The summed E-state index contributed by atoms with van der Waals surface area (Å²) in [6, 6.07) is 5.19. The molecule has 1 unspecified atom stereocenters. The number of aromatic hydroxyl groups is 1. The van der Waals surface area contributed by atoms with Gasteiger partial charge in [0, 0.05) is 22.6 Å². The van der Waals surface area contributed by atoms with Gasteiger partial charge < -0.3 is 15.2 Å². The molecule has 2 N–H and O–H groups in total. The van der Waals surface area contributed by atoms with Crippen LogP contribution in [0.1, 0.15) is 24.9 Å². The van der Waals surface area contributed by atoms with Gasteiger partial charge in [-0.15, -0.1) is 0 Å². The van der Waals surface area contributed by atoms with Crippen LogP contribution in [0.5, 0.6) is 5.75 Å². The molecule has 0 spiro atoms. The van der Waals surface area contributed by atoms with Gasteiger partial charge in [0.05, 0.1) is 6.61 Å². The van der Waals surface area contributed by atoms with Gasteiger partial charge in [0.15, 0.2) is 0 Å². The van der Waals surface area contributed by atoms with E-state index in [1.54, 1.807) is 12.1 Å². The fourth-order valence-corrected chi connectivity index (χ4v) is 2.14. The van der Waals surface area contributed by atoms with Crippen molar-refractivity contribution in [3.8, 4) is 5.75 Å². The summed E-state index contributed by atoms with van der Waals surface area (Å²) < 4.78 is 29.4. The van der Waals surface area contributed by atoms with E-state index in [0.717, 1.165) is 16.5 Å². The van der Waals surface area contributed by atoms with Crippen LogP contribution in [0, 0.1) is 0 Å². The normalized spacial score (nSPS) is 12.9. The number of halogens is 3. The van der Waals surface area contributed by atoms with Crippen LogP contribution in [-0.2, 0) is 4.74 Å². The van der Waals surface area contributed by atoms with Gasteiger partial charge in [-0.2, -0.15) is 0 Å². The molecule has 0 aromatic heterocycles. The number of alkyl halides is 2. The van der Waals surface area contributed by atoms with Gasteiger partial charge in [-0.25, -0.2) is 8.78 Å². The second kappa shape index (κ2) is 8.45. The van der Waals surface area contributed by atoms with Gasteiger partial charge in [0.25, 0.3) is 6.43 Å². The fourth-order valence-electron chi connectivity index (χ4n) is 1.76. The van der Waals surface area contributed by atoms with Crippen LogP contribution >= 0.6 is 15.9 Å². The molecule has 0 saturated carbocycles. The molecule has 0 heterocycles. The highest BCUT2D eigenvalue weighted by Gasteiger charge is 2.13. The molecule has 0 saturated heterocycles. The van der Waals surface area contributed by atoms with Gasteiger partial charge >= 0.3 is 0 Å². The molecule has 1 atom stereocenters. The number of phenols is 1. The monoisotopic (exact) mass is 337 g/mol. The average Bonchev–Trinajstić information content (AvgIpc) is 2.37. The van der Waals surface area contributed by atoms with Crippen molar-refractivity contribution in [1.82, 2.24) is 5.32 Å². The van der Waals surface area contributed by atoms with Crippen molar-refractivity contribution in [3.63, 3.8) is 0 Å². The number of phenolic OH excluding ortho intramolecular Hbond substituents is 1. The van der Waals surface area contributed by atoms with Crippen LogP contribution in [0.4, 0.5) is 8.78 Å². The Kier molecular flexibility index (Phi) is 7.27. The quantitative estimate of drug-likeness (QED) is 0.713. The fraction of sp³-hybridized carbons (Fsp3) is 0.538. The summed E-state index contributed by atoms with van der Waals surface area (Å²) in [6.07, 6.45) is -1.66.